The van der Waals surface area contributed by atoms with Crippen LogP contribution >= 0.6 is 11.8 Å². The number of nitrogens with zero attached hydrogens (tertiary/aromatic N) is 2. The maximum absolute atomic E-state index is 12.4. The highest BCUT2D eigenvalue weighted by Crippen LogP contribution is 2.23. The molecule has 23 heavy (non-hydrogen) atoms. The van der Waals surface area contributed by atoms with Crippen LogP contribution in [0.3, 0.4) is 0 Å². The number of amides is 2. The number of primary amides is 1. The summed E-state index contributed by atoms with van der Waals surface area (Å²) < 4.78 is 0. The Morgan fingerprint density at radius 3 is 3.04 bits per heavy atom. The van der Waals surface area contributed by atoms with E-state index < -0.39 is 11.9 Å². The van der Waals surface area contributed by atoms with E-state index in [-0.39, 0.29) is 11.7 Å². The number of H-pyrrole nitrogens is 1. The van der Waals surface area contributed by atoms with Crippen LogP contribution in [0, 0.1) is 6.92 Å². The molecule has 1 aliphatic heterocycles. The van der Waals surface area contributed by atoms with Crippen molar-refractivity contribution in [3.05, 3.63) is 23.8 Å². The summed E-state index contributed by atoms with van der Waals surface area (Å²) in [6.07, 6.45) is 2.52. The summed E-state index contributed by atoms with van der Waals surface area (Å²) in [4.78, 5) is 33.2. The number of aromatic nitrogens is 2. The van der Waals surface area contributed by atoms with E-state index in [1.807, 2.05) is 25.1 Å². The number of likely N-dealkylation sites (tertiary alicyclic amines) is 1. The summed E-state index contributed by atoms with van der Waals surface area (Å²) >= 11 is 1.36. The molecule has 1 atom stereocenters. The molecule has 6 nitrogen and oxygen atoms in total. The first-order valence-electron chi connectivity index (χ1n) is 7.72. The molecule has 7 heteroatoms. The standard InChI is InChI=1S/C16H20N4O2S/c1-10-5-6-11-12(8-10)19-16(18-11)23-9-14(21)20-7-3-2-4-13(20)15(17)22/h5-6,8,13H,2-4,7,9H2,1H3,(H2,17,22)(H,18,19)/t13-/m0/s1. The number of aromatic amines is 1. The Hall–Kier alpha value is -2.02. The van der Waals surface area contributed by atoms with Crippen LogP contribution in [0.4, 0.5) is 0 Å². The first-order valence-corrected chi connectivity index (χ1v) is 8.71. The number of hydrogen-bond acceptors (Lipinski definition) is 4. The molecule has 0 spiro atoms. The van der Waals surface area contributed by atoms with Crippen LogP contribution in [-0.4, -0.2) is 45.0 Å². The monoisotopic (exact) mass is 332 g/mol. The summed E-state index contributed by atoms with van der Waals surface area (Å²) in [7, 11) is 0. The van der Waals surface area contributed by atoms with Gasteiger partial charge in [0, 0.05) is 6.54 Å². The van der Waals surface area contributed by atoms with E-state index >= 15 is 0 Å². The van der Waals surface area contributed by atoms with Gasteiger partial charge in [0.2, 0.25) is 11.8 Å². The van der Waals surface area contributed by atoms with Crippen LogP contribution in [-0.2, 0) is 9.59 Å². The highest BCUT2D eigenvalue weighted by atomic mass is 32.2. The van der Waals surface area contributed by atoms with Crippen molar-refractivity contribution in [1.29, 1.82) is 0 Å². The summed E-state index contributed by atoms with van der Waals surface area (Å²) in [5.41, 5.74) is 8.42. The number of carbonyl (C=O) groups is 2. The number of rotatable bonds is 4. The van der Waals surface area contributed by atoms with Crippen LogP contribution in [0.15, 0.2) is 23.4 Å². The number of fused-ring (bicyclic) bond motifs is 1. The maximum Gasteiger partial charge on any atom is 0.240 e. The predicted molar refractivity (Wildman–Crippen MR) is 90.1 cm³/mol. The van der Waals surface area contributed by atoms with Gasteiger partial charge < -0.3 is 15.6 Å². The number of nitrogens with two attached hydrogens (primary N) is 1. The lowest BCUT2D eigenvalue weighted by atomic mass is 10.0. The van der Waals surface area contributed by atoms with Crippen molar-refractivity contribution >= 4 is 34.6 Å². The fraction of sp³-hybridized carbons (Fsp3) is 0.438. The van der Waals surface area contributed by atoms with Crippen molar-refractivity contribution in [1.82, 2.24) is 14.9 Å². The molecule has 1 aliphatic rings. The summed E-state index contributed by atoms with van der Waals surface area (Å²) in [6, 6.07) is 5.53. The molecule has 0 bridgehead atoms. The van der Waals surface area contributed by atoms with Crippen LogP contribution in [0.1, 0.15) is 24.8 Å². The molecule has 2 heterocycles. The minimum Gasteiger partial charge on any atom is -0.368 e. The van der Waals surface area contributed by atoms with Gasteiger partial charge in [0.1, 0.15) is 6.04 Å². The first-order chi connectivity index (χ1) is 11.0. The number of aryl methyl sites for hydroxylation is 1. The zero-order valence-electron chi connectivity index (χ0n) is 13.0. The van der Waals surface area contributed by atoms with Gasteiger partial charge in [-0.05, 0) is 43.9 Å². The van der Waals surface area contributed by atoms with Gasteiger partial charge in [-0.15, -0.1) is 0 Å². The average Bonchev–Trinajstić information content (AvgIpc) is 2.94. The number of carbonyl (C=O) groups excluding carboxylic acids is 2. The predicted octanol–water partition coefficient (Wildman–Crippen LogP) is 1.83. The van der Waals surface area contributed by atoms with Crippen molar-refractivity contribution in [2.75, 3.05) is 12.3 Å². The van der Waals surface area contributed by atoms with E-state index in [0.717, 1.165) is 29.4 Å². The number of thioether (sulfide) groups is 1. The van der Waals surface area contributed by atoms with E-state index in [9.17, 15) is 9.59 Å². The fourth-order valence-electron chi connectivity index (χ4n) is 2.91. The summed E-state index contributed by atoms with van der Waals surface area (Å²) in [5, 5.41) is 0.714. The van der Waals surface area contributed by atoms with E-state index in [4.69, 9.17) is 5.73 Å². The molecule has 2 aromatic rings. The van der Waals surface area contributed by atoms with Gasteiger partial charge in [-0.1, -0.05) is 17.8 Å². The second-order valence-electron chi connectivity index (χ2n) is 5.85. The van der Waals surface area contributed by atoms with E-state index in [1.165, 1.54) is 11.8 Å². The molecule has 122 valence electrons. The lowest BCUT2D eigenvalue weighted by Crippen LogP contribution is -2.51. The Morgan fingerprint density at radius 2 is 2.26 bits per heavy atom. The van der Waals surface area contributed by atoms with Crippen LogP contribution in [0.5, 0.6) is 0 Å². The molecule has 0 saturated carbocycles. The van der Waals surface area contributed by atoms with Gasteiger partial charge in [-0.3, -0.25) is 9.59 Å². The van der Waals surface area contributed by atoms with Crippen molar-refractivity contribution in [2.24, 2.45) is 5.73 Å². The SMILES string of the molecule is Cc1ccc2nc(SCC(=O)N3CCCC[C@H]3C(N)=O)[nH]c2c1. The van der Waals surface area contributed by atoms with Gasteiger partial charge in [0.25, 0.3) is 0 Å². The molecule has 2 amide bonds. The second kappa shape index (κ2) is 6.62. The zero-order chi connectivity index (χ0) is 16.4. The number of piperidine rings is 1. The molecule has 3 N–H and O–H groups in total. The van der Waals surface area contributed by atoms with Crippen LogP contribution in [0.25, 0.3) is 11.0 Å². The lowest BCUT2D eigenvalue weighted by Gasteiger charge is -2.33. The van der Waals surface area contributed by atoms with Gasteiger partial charge >= 0.3 is 0 Å². The molecule has 0 radical (unpaired) electrons. The number of hydrogen-bond donors (Lipinski definition) is 2. The highest BCUT2D eigenvalue weighted by Gasteiger charge is 2.30. The Labute approximate surface area is 138 Å². The number of imidazole rings is 1. The van der Waals surface area contributed by atoms with Crippen LogP contribution < -0.4 is 5.73 Å². The largest absolute Gasteiger partial charge is 0.368 e. The third-order valence-electron chi connectivity index (χ3n) is 4.10. The van der Waals surface area contributed by atoms with Gasteiger partial charge in [0.15, 0.2) is 5.16 Å². The number of nitrogens with one attached hydrogen (secondary N) is 1. The molecule has 1 aromatic carbocycles. The normalized spacial score (nSPS) is 18.3. The Morgan fingerprint density at radius 1 is 1.43 bits per heavy atom. The van der Waals surface area contributed by atoms with Crippen molar-refractivity contribution in [3.63, 3.8) is 0 Å². The van der Waals surface area contributed by atoms with Crippen molar-refractivity contribution in [2.45, 2.75) is 37.4 Å². The maximum atomic E-state index is 12.4. The molecule has 3 rings (SSSR count). The fourth-order valence-corrected chi connectivity index (χ4v) is 3.68. The smallest absolute Gasteiger partial charge is 0.240 e. The topological polar surface area (TPSA) is 92.1 Å². The third kappa shape index (κ3) is 3.50. The zero-order valence-corrected chi connectivity index (χ0v) is 13.9. The van der Waals surface area contributed by atoms with Crippen LogP contribution in [0.2, 0.25) is 0 Å². The van der Waals surface area contributed by atoms with E-state index in [0.29, 0.717) is 18.1 Å². The minimum atomic E-state index is -0.463. The van der Waals surface area contributed by atoms with Crippen molar-refractivity contribution in [3.8, 4) is 0 Å². The average molecular weight is 332 g/mol. The van der Waals surface area contributed by atoms with E-state index in [1.54, 1.807) is 4.90 Å². The van der Waals surface area contributed by atoms with Gasteiger partial charge in [-0.25, -0.2) is 4.98 Å². The summed E-state index contributed by atoms with van der Waals surface area (Å²) in [5.74, 6) is -0.222. The molecule has 1 fully saturated rings. The Balaban J connectivity index is 1.66. The molecular formula is C16H20N4O2S. The van der Waals surface area contributed by atoms with Gasteiger partial charge in [0.05, 0.1) is 16.8 Å². The minimum absolute atomic E-state index is 0.0601. The molecule has 0 aliphatic carbocycles. The third-order valence-corrected chi connectivity index (χ3v) is 4.96. The lowest BCUT2D eigenvalue weighted by molar-refractivity contribution is -0.138. The highest BCUT2D eigenvalue weighted by molar-refractivity contribution is 7.99. The summed E-state index contributed by atoms with van der Waals surface area (Å²) in [6.45, 7) is 2.63. The molecule has 1 aromatic heterocycles. The molecular weight excluding hydrogens is 312 g/mol. The first kappa shape index (κ1) is 15.9. The quantitative estimate of drug-likeness (QED) is 0.836. The van der Waals surface area contributed by atoms with Gasteiger partial charge in [-0.2, -0.15) is 0 Å². The Bertz CT molecular complexity index is 743. The van der Waals surface area contributed by atoms with Crippen molar-refractivity contribution < 1.29 is 9.59 Å². The second-order valence-corrected chi connectivity index (χ2v) is 6.82. The Kier molecular flexibility index (Phi) is 4.56. The van der Waals surface area contributed by atoms with E-state index in [2.05, 4.69) is 9.97 Å². The number of benzene rings is 1. The molecule has 0 unspecified atom stereocenters. The molecule has 1 saturated heterocycles.